The zero-order chi connectivity index (χ0) is 20.3. The number of para-hydroxylation sites is 2. The molecule has 0 aliphatic carbocycles. The van der Waals surface area contributed by atoms with E-state index in [1.54, 1.807) is 0 Å². The summed E-state index contributed by atoms with van der Waals surface area (Å²) >= 11 is 0. The van der Waals surface area contributed by atoms with Crippen LogP contribution in [0.15, 0.2) is 84.9 Å². The second kappa shape index (κ2) is 10.9. The number of aryl methyl sites for hydroxylation is 1. The number of carbonyl (C=O) groups excluding carboxylic acids is 1. The number of hydrogen-bond acceptors (Lipinski definition) is 3. The maximum absolute atomic E-state index is 12.3. The number of ether oxygens (including phenoxy) is 1. The van der Waals surface area contributed by atoms with Gasteiger partial charge in [0, 0.05) is 0 Å². The van der Waals surface area contributed by atoms with Crippen molar-refractivity contribution in [1.29, 1.82) is 0 Å². The molecular formula is C25H28N2O2. The molecule has 0 spiro atoms. The van der Waals surface area contributed by atoms with E-state index in [2.05, 4.69) is 34.9 Å². The van der Waals surface area contributed by atoms with Gasteiger partial charge < -0.3 is 15.4 Å². The molecule has 3 aromatic carbocycles. The van der Waals surface area contributed by atoms with Crippen molar-refractivity contribution in [2.45, 2.75) is 25.8 Å². The Morgan fingerprint density at radius 3 is 2.31 bits per heavy atom. The Morgan fingerprint density at radius 1 is 0.897 bits per heavy atom. The molecule has 1 amide bonds. The number of rotatable bonds is 10. The predicted molar refractivity (Wildman–Crippen MR) is 118 cm³/mol. The second-order valence-corrected chi connectivity index (χ2v) is 6.99. The highest BCUT2D eigenvalue weighted by molar-refractivity contribution is 5.81. The fraction of sp³-hybridized carbons (Fsp3) is 0.240. The minimum Gasteiger partial charge on any atom is -0.491 e. The maximum atomic E-state index is 12.3. The topological polar surface area (TPSA) is 50.4 Å². The van der Waals surface area contributed by atoms with E-state index >= 15 is 0 Å². The van der Waals surface area contributed by atoms with Gasteiger partial charge >= 0.3 is 0 Å². The largest absolute Gasteiger partial charge is 0.491 e. The lowest BCUT2D eigenvalue weighted by Gasteiger charge is -2.16. The Kier molecular flexibility index (Phi) is 7.70. The molecule has 0 bridgehead atoms. The molecule has 0 aliphatic rings. The Labute approximate surface area is 172 Å². The monoisotopic (exact) mass is 388 g/mol. The van der Waals surface area contributed by atoms with Crippen molar-refractivity contribution < 1.29 is 9.53 Å². The number of anilines is 1. The summed E-state index contributed by atoms with van der Waals surface area (Å²) in [5.74, 6) is 0.713. The number of hydrogen-bond donors (Lipinski definition) is 2. The number of carbonyl (C=O) groups is 1. The number of nitrogens with one attached hydrogen (secondary N) is 2. The Hall–Kier alpha value is -3.27. The van der Waals surface area contributed by atoms with Crippen LogP contribution in [0, 0.1) is 0 Å². The van der Waals surface area contributed by atoms with Gasteiger partial charge in [-0.1, -0.05) is 72.8 Å². The smallest absolute Gasteiger partial charge is 0.239 e. The van der Waals surface area contributed by atoms with E-state index in [1.807, 2.05) is 67.6 Å². The van der Waals surface area contributed by atoms with E-state index in [0.29, 0.717) is 6.61 Å². The minimum absolute atomic E-state index is 0.0324. The van der Waals surface area contributed by atoms with Gasteiger partial charge in [-0.3, -0.25) is 4.79 Å². The van der Waals surface area contributed by atoms with Gasteiger partial charge in [0.15, 0.2) is 0 Å². The molecule has 3 aromatic rings. The first-order chi connectivity index (χ1) is 14.2. The SMILES string of the molecule is CC(NC(=O)CNc1ccccc1OCCCc1ccccc1)c1ccccc1. The zero-order valence-corrected chi connectivity index (χ0v) is 16.8. The molecule has 3 rings (SSSR count). The molecule has 29 heavy (non-hydrogen) atoms. The molecule has 0 saturated carbocycles. The zero-order valence-electron chi connectivity index (χ0n) is 16.8. The Balaban J connectivity index is 1.45. The Morgan fingerprint density at radius 2 is 1.55 bits per heavy atom. The maximum Gasteiger partial charge on any atom is 0.239 e. The lowest BCUT2D eigenvalue weighted by Crippen LogP contribution is -2.32. The van der Waals surface area contributed by atoms with Crippen LogP contribution in [0.4, 0.5) is 5.69 Å². The molecule has 0 fully saturated rings. The van der Waals surface area contributed by atoms with Crippen LogP contribution in [0.3, 0.4) is 0 Å². The first kappa shape index (κ1) is 20.5. The van der Waals surface area contributed by atoms with E-state index in [9.17, 15) is 4.79 Å². The molecule has 1 unspecified atom stereocenters. The average Bonchev–Trinajstić information content (AvgIpc) is 2.77. The van der Waals surface area contributed by atoms with E-state index < -0.39 is 0 Å². The van der Waals surface area contributed by atoms with Crippen molar-refractivity contribution in [1.82, 2.24) is 5.32 Å². The fourth-order valence-electron chi connectivity index (χ4n) is 3.13. The molecule has 0 saturated heterocycles. The molecule has 0 radical (unpaired) electrons. The standard InChI is InChI=1S/C25H28N2O2/c1-20(22-14-6-3-7-15-22)27-25(28)19-26-23-16-8-9-17-24(23)29-18-10-13-21-11-4-2-5-12-21/h2-9,11-12,14-17,20,26H,10,13,18-19H2,1H3,(H,27,28). The summed E-state index contributed by atoms with van der Waals surface area (Å²) in [6.07, 6.45) is 1.92. The van der Waals surface area contributed by atoms with E-state index in [0.717, 1.165) is 29.8 Å². The molecule has 150 valence electrons. The summed E-state index contributed by atoms with van der Waals surface area (Å²) < 4.78 is 5.95. The third-order valence-electron chi connectivity index (χ3n) is 4.71. The second-order valence-electron chi connectivity index (χ2n) is 6.99. The van der Waals surface area contributed by atoms with Crippen molar-refractivity contribution in [2.75, 3.05) is 18.5 Å². The van der Waals surface area contributed by atoms with Crippen LogP contribution in [-0.2, 0) is 11.2 Å². The summed E-state index contributed by atoms with van der Waals surface area (Å²) in [5.41, 5.74) is 3.23. The van der Waals surface area contributed by atoms with Crippen molar-refractivity contribution >= 4 is 11.6 Å². The highest BCUT2D eigenvalue weighted by Gasteiger charge is 2.10. The number of amides is 1. The molecule has 0 aromatic heterocycles. The third kappa shape index (κ3) is 6.68. The van der Waals surface area contributed by atoms with E-state index in [1.165, 1.54) is 5.56 Å². The summed E-state index contributed by atoms with van der Waals surface area (Å²) in [5, 5.41) is 6.21. The van der Waals surface area contributed by atoms with Crippen molar-refractivity contribution in [3.05, 3.63) is 96.1 Å². The van der Waals surface area contributed by atoms with E-state index in [-0.39, 0.29) is 18.5 Å². The molecule has 0 heterocycles. The minimum atomic E-state index is -0.0553. The van der Waals surface area contributed by atoms with Gasteiger partial charge in [-0.15, -0.1) is 0 Å². The van der Waals surface area contributed by atoms with Gasteiger partial charge in [0.25, 0.3) is 0 Å². The van der Waals surface area contributed by atoms with Crippen molar-refractivity contribution in [3.63, 3.8) is 0 Å². The molecule has 4 nitrogen and oxygen atoms in total. The third-order valence-corrected chi connectivity index (χ3v) is 4.71. The highest BCUT2D eigenvalue weighted by Crippen LogP contribution is 2.23. The lowest BCUT2D eigenvalue weighted by molar-refractivity contribution is -0.120. The first-order valence-electron chi connectivity index (χ1n) is 10.1. The van der Waals surface area contributed by atoms with Crippen LogP contribution in [0.1, 0.15) is 30.5 Å². The first-order valence-corrected chi connectivity index (χ1v) is 10.1. The Bertz CT molecular complexity index is 882. The quantitative estimate of drug-likeness (QED) is 0.481. The number of benzene rings is 3. The average molecular weight is 389 g/mol. The summed E-state index contributed by atoms with van der Waals surface area (Å²) in [4.78, 5) is 12.3. The van der Waals surface area contributed by atoms with Crippen LogP contribution >= 0.6 is 0 Å². The van der Waals surface area contributed by atoms with Crippen LogP contribution in [0.5, 0.6) is 5.75 Å². The van der Waals surface area contributed by atoms with Gasteiger partial charge in [-0.2, -0.15) is 0 Å². The van der Waals surface area contributed by atoms with Gasteiger partial charge in [-0.25, -0.2) is 0 Å². The molecule has 0 aliphatic heterocycles. The van der Waals surface area contributed by atoms with E-state index in [4.69, 9.17) is 4.74 Å². The molecule has 2 N–H and O–H groups in total. The highest BCUT2D eigenvalue weighted by atomic mass is 16.5. The molecule has 1 atom stereocenters. The predicted octanol–water partition coefficient (Wildman–Crippen LogP) is 4.99. The summed E-state index contributed by atoms with van der Waals surface area (Å²) in [6.45, 7) is 2.81. The van der Waals surface area contributed by atoms with Crippen LogP contribution < -0.4 is 15.4 Å². The fourth-order valence-corrected chi connectivity index (χ4v) is 3.13. The summed E-state index contributed by atoms with van der Waals surface area (Å²) in [6, 6.07) is 28.0. The van der Waals surface area contributed by atoms with Gasteiger partial charge in [0.05, 0.1) is 24.9 Å². The van der Waals surface area contributed by atoms with Crippen LogP contribution in [0.25, 0.3) is 0 Å². The normalized spacial score (nSPS) is 11.5. The van der Waals surface area contributed by atoms with Crippen molar-refractivity contribution in [3.8, 4) is 5.75 Å². The van der Waals surface area contributed by atoms with Gasteiger partial charge in [0.2, 0.25) is 5.91 Å². The van der Waals surface area contributed by atoms with Gasteiger partial charge in [0.1, 0.15) is 5.75 Å². The van der Waals surface area contributed by atoms with Gasteiger partial charge in [-0.05, 0) is 43.0 Å². The molecule has 4 heteroatoms. The lowest BCUT2D eigenvalue weighted by atomic mass is 10.1. The molecular weight excluding hydrogens is 360 g/mol. The van der Waals surface area contributed by atoms with Crippen molar-refractivity contribution in [2.24, 2.45) is 0 Å². The van der Waals surface area contributed by atoms with Crippen LogP contribution in [0.2, 0.25) is 0 Å². The van der Waals surface area contributed by atoms with Crippen LogP contribution in [-0.4, -0.2) is 19.1 Å². The summed E-state index contributed by atoms with van der Waals surface area (Å²) in [7, 11) is 0.